The molecule has 0 bridgehead atoms. The molecule has 2 aliphatic carbocycles. The molecule has 0 aromatic heterocycles. The lowest BCUT2D eigenvalue weighted by Gasteiger charge is -2.47. The zero-order valence-corrected chi connectivity index (χ0v) is 13.3. The van der Waals surface area contributed by atoms with Gasteiger partial charge in [0.15, 0.2) is 0 Å². The highest BCUT2D eigenvalue weighted by molar-refractivity contribution is 4.92. The number of nitrogens with one attached hydrogen (secondary N) is 1. The monoisotopic (exact) mass is 266 g/mol. The van der Waals surface area contributed by atoms with E-state index in [4.69, 9.17) is 0 Å². The Kier molecular flexibility index (Phi) is 6.15. The topological polar surface area (TPSA) is 15.3 Å². The Labute approximate surface area is 120 Å². The maximum absolute atomic E-state index is 3.61. The Hall–Kier alpha value is -0.0800. The van der Waals surface area contributed by atoms with Gasteiger partial charge >= 0.3 is 0 Å². The smallest absolute Gasteiger partial charge is 0.0136 e. The van der Waals surface area contributed by atoms with E-state index in [0.29, 0.717) is 0 Å². The van der Waals surface area contributed by atoms with E-state index in [2.05, 4.69) is 31.1 Å². The molecule has 2 rings (SSSR count). The van der Waals surface area contributed by atoms with Crippen LogP contribution in [0.25, 0.3) is 0 Å². The average Bonchev–Trinajstić information content (AvgIpc) is 2.42. The minimum absolute atomic E-state index is 0.868. The number of hydrogen-bond acceptors (Lipinski definition) is 2. The van der Waals surface area contributed by atoms with Gasteiger partial charge in [-0.05, 0) is 76.9 Å². The molecular weight excluding hydrogens is 232 g/mol. The van der Waals surface area contributed by atoms with Crippen LogP contribution in [0.2, 0.25) is 0 Å². The largest absolute Gasteiger partial charge is 0.316 e. The van der Waals surface area contributed by atoms with Crippen LogP contribution in [0.15, 0.2) is 0 Å². The standard InChI is InChI=1S/C17H34N2/c1-4-12-18-13-15-8-11-17(15)19(3)16-9-6-14(5-2)7-10-16/h14-18H,4-13H2,1-3H3. The van der Waals surface area contributed by atoms with Crippen molar-refractivity contribution in [1.82, 2.24) is 10.2 Å². The first-order valence-electron chi connectivity index (χ1n) is 8.68. The molecule has 0 saturated heterocycles. The summed E-state index contributed by atoms with van der Waals surface area (Å²) in [7, 11) is 2.40. The molecule has 0 aliphatic heterocycles. The third kappa shape index (κ3) is 3.95. The predicted octanol–water partition coefficient (Wildman–Crippen LogP) is 3.67. The van der Waals surface area contributed by atoms with Crippen LogP contribution < -0.4 is 5.32 Å². The normalized spacial score (nSPS) is 35.4. The van der Waals surface area contributed by atoms with E-state index in [0.717, 1.165) is 23.9 Å². The van der Waals surface area contributed by atoms with E-state index in [9.17, 15) is 0 Å². The van der Waals surface area contributed by atoms with Gasteiger partial charge in [0.25, 0.3) is 0 Å². The highest BCUT2D eigenvalue weighted by atomic mass is 15.2. The summed E-state index contributed by atoms with van der Waals surface area (Å²) in [5.74, 6) is 1.94. The quantitative estimate of drug-likeness (QED) is 0.707. The van der Waals surface area contributed by atoms with Gasteiger partial charge in [0.05, 0.1) is 0 Å². The van der Waals surface area contributed by atoms with Gasteiger partial charge in [0.1, 0.15) is 0 Å². The van der Waals surface area contributed by atoms with Crippen LogP contribution in [-0.4, -0.2) is 37.1 Å². The van der Waals surface area contributed by atoms with Gasteiger partial charge in [-0.1, -0.05) is 20.3 Å². The fourth-order valence-electron chi connectivity index (χ4n) is 4.02. The van der Waals surface area contributed by atoms with Crippen molar-refractivity contribution >= 4 is 0 Å². The van der Waals surface area contributed by atoms with E-state index >= 15 is 0 Å². The summed E-state index contributed by atoms with van der Waals surface area (Å²) in [6.45, 7) is 7.04. The molecule has 0 spiro atoms. The first kappa shape index (κ1) is 15.3. The molecule has 2 heteroatoms. The second kappa shape index (κ2) is 7.64. The van der Waals surface area contributed by atoms with Crippen LogP contribution in [0.3, 0.4) is 0 Å². The lowest BCUT2D eigenvalue weighted by Crippen LogP contribution is -2.53. The highest BCUT2D eigenvalue weighted by Crippen LogP contribution is 2.36. The van der Waals surface area contributed by atoms with Gasteiger partial charge in [-0.15, -0.1) is 0 Å². The van der Waals surface area contributed by atoms with E-state index in [1.807, 2.05) is 0 Å². The summed E-state index contributed by atoms with van der Waals surface area (Å²) in [6.07, 6.45) is 11.4. The van der Waals surface area contributed by atoms with Crippen LogP contribution >= 0.6 is 0 Å². The van der Waals surface area contributed by atoms with Crippen molar-refractivity contribution in [3.8, 4) is 0 Å². The Bertz CT molecular complexity index is 246. The molecule has 112 valence electrons. The first-order valence-corrected chi connectivity index (χ1v) is 8.68. The van der Waals surface area contributed by atoms with Crippen molar-refractivity contribution in [3.05, 3.63) is 0 Å². The van der Waals surface area contributed by atoms with Gasteiger partial charge < -0.3 is 10.2 Å². The summed E-state index contributed by atoms with van der Waals surface area (Å²) in [6, 6.07) is 1.74. The second-order valence-electron chi connectivity index (χ2n) is 6.86. The van der Waals surface area contributed by atoms with Crippen LogP contribution in [-0.2, 0) is 0 Å². The highest BCUT2D eigenvalue weighted by Gasteiger charge is 2.37. The van der Waals surface area contributed by atoms with E-state index in [1.165, 1.54) is 64.5 Å². The zero-order valence-electron chi connectivity index (χ0n) is 13.3. The van der Waals surface area contributed by atoms with Crippen molar-refractivity contribution in [2.75, 3.05) is 20.1 Å². The van der Waals surface area contributed by atoms with Crippen molar-refractivity contribution in [1.29, 1.82) is 0 Å². The predicted molar refractivity (Wildman–Crippen MR) is 83.5 cm³/mol. The number of hydrogen-bond donors (Lipinski definition) is 1. The van der Waals surface area contributed by atoms with Crippen LogP contribution in [0, 0.1) is 11.8 Å². The maximum atomic E-state index is 3.61. The molecule has 0 heterocycles. The van der Waals surface area contributed by atoms with Gasteiger partial charge in [0.2, 0.25) is 0 Å². The number of rotatable bonds is 7. The summed E-state index contributed by atoms with van der Waals surface area (Å²) >= 11 is 0. The Balaban J connectivity index is 1.72. The molecule has 19 heavy (non-hydrogen) atoms. The van der Waals surface area contributed by atoms with Gasteiger partial charge in [-0.25, -0.2) is 0 Å². The number of nitrogens with zero attached hydrogens (tertiary/aromatic N) is 1. The van der Waals surface area contributed by atoms with Crippen molar-refractivity contribution in [2.24, 2.45) is 11.8 Å². The van der Waals surface area contributed by atoms with E-state index in [1.54, 1.807) is 0 Å². The van der Waals surface area contributed by atoms with Gasteiger partial charge in [-0.2, -0.15) is 0 Å². The lowest BCUT2D eigenvalue weighted by atomic mass is 9.76. The Morgan fingerprint density at radius 2 is 1.74 bits per heavy atom. The molecule has 2 nitrogen and oxygen atoms in total. The molecule has 0 aromatic rings. The van der Waals surface area contributed by atoms with Crippen molar-refractivity contribution < 1.29 is 0 Å². The molecule has 2 saturated carbocycles. The first-order chi connectivity index (χ1) is 9.26. The SMILES string of the molecule is CCCNCC1CCC1N(C)C1CCC(CC)CC1. The fraction of sp³-hybridized carbons (Fsp3) is 1.00. The Morgan fingerprint density at radius 1 is 1.00 bits per heavy atom. The molecule has 0 aromatic carbocycles. The molecular formula is C17H34N2. The van der Waals surface area contributed by atoms with E-state index < -0.39 is 0 Å². The molecule has 1 N–H and O–H groups in total. The van der Waals surface area contributed by atoms with Crippen LogP contribution in [0.4, 0.5) is 0 Å². The maximum Gasteiger partial charge on any atom is 0.0136 e. The van der Waals surface area contributed by atoms with Crippen molar-refractivity contribution in [3.63, 3.8) is 0 Å². The second-order valence-corrected chi connectivity index (χ2v) is 6.86. The minimum atomic E-state index is 0.868. The van der Waals surface area contributed by atoms with Crippen LogP contribution in [0.5, 0.6) is 0 Å². The molecule has 0 radical (unpaired) electrons. The molecule has 2 fully saturated rings. The van der Waals surface area contributed by atoms with Crippen LogP contribution in [0.1, 0.15) is 65.2 Å². The third-order valence-electron chi connectivity index (χ3n) is 5.70. The molecule has 2 atom stereocenters. The minimum Gasteiger partial charge on any atom is -0.316 e. The zero-order chi connectivity index (χ0) is 13.7. The van der Waals surface area contributed by atoms with E-state index in [-0.39, 0.29) is 0 Å². The summed E-state index contributed by atoms with van der Waals surface area (Å²) in [5, 5.41) is 3.61. The average molecular weight is 266 g/mol. The lowest BCUT2D eigenvalue weighted by molar-refractivity contribution is 0.0300. The van der Waals surface area contributed by atoms with Gasteiger partial charge in [-0.3, -0.25) is 0 Å². The van der Waals surface area contributed by atoms with Gasteiger partial charge in [0, 0.05) is 12.1 Å². The summed E-state index contributed by atoms with van der Waals surface area (Å²) < 4.78 is 0. The summed E-state index contributed by atoms with van der Waals surface area (Å²) in [5.41, 5.74) is 0. The fourth-order valence-corrected chi connectivity index (χ4v) is 4.02. The third-order valence-corrected chi connectivity index (χ3v) is 5.70. The molecule has 2 unspecified atom stereocenters. The molecule has 2 aliphatic rings. The van der Waals surface area contributed by atoms with Crippen molar-refractivity contribution in [2.45, 2.75) is 77.3 Å². The molecule has 0 amide bonds. The summed E-state index contributed by atoms with van der Waals surface area (Å²) in [4.78, 5) is 2.74. The Morgan fingerprint density at radius 3 is 2.26 bits per heavy atom.